The maximum Gasteiger partial charge on any atom is 0.355 e. The third kappa shape index (κ3) is 1.92. The lowest BCUT2D eigenvalue weighted by Crippen LogP contribution is -2.21. The minimum absolute atomic E-state index is 0.0556. The molecule has 7 heteroatoms. The monoisotopic (exact) mass is 186 g/mol. The molecule has 1 aromatic rings. The summed E-state index contributed by atoms with van der Waals surface area (Å²) in [7, 11) is 0. The second kappa shape index (κ2) is 3.18. The number of carboxylic acids is 1. The van der Waals surface area contributed by atoms with Crippen LogP contribution in [0.25, 0.3) is 0 Å². The van der Waals surface area contributed by atoms with Gasteiger partial charge in [0, 0.05) is 5.38 Å². The summed E-state index contributed by atoms with van der Waals surface area (Å²) >= 11 is 1.07. The summed E-state index contributed by atoms with van der Waals surface area (Å²) in [5.41, 5.74) is 10.1. The van der Waals surface area contributed by atoms with E-state index in [1.807, 2.05) is 0 Å². The maximum absolute atomic E-state index is 10.3. The fourth-order valence-corrected chi connectivity index (χ4v) is 1.20. The van der Waals surface area contributed by atoms with Crippen LogP contribution >= 0.6 is 11.3 Å². The van der Waals surface area contributed by atoms with Crippen LogP contribution in [0.4, 0.5) is 5.13 Å². The number of nitrogens with two attached hydrogens (primary N) is 2. The van der Waals surface area contributed by atoms with E-state index in [-0.39, 0.29) is 16.8 Å². The normalized spacial score (nSPS) is 9.33. The van der Waals surface area contributed by atoms with Crippen molar-refractivity contribution >= 4 is 28.4 Å². The first-order valence-electron chi connectivity index (χ1n) is 2.88. The molecular weight excluding hydrogens is 180 g/mol. The Morgan fingerprint density at radius 3 is 2.75 bits per heavy atom. The largest absolute Gasteiger partial charge is 0.476 e. The predicted octanol–water partition coefficient (Wildman–Crippen LogP) is -0.254. The van der Waals surface area contributed by atoms with Crippen molar-refractivity contribution in [2.75, 3.05) is 0 Å². The second-order valence-corrected chi connectivity index (χ2v) is 2.69. The molecule has 0 spiro atoms. The second-order valence-electron chi connectivity index (χ2n) is 1.86. The van der Waals surface area contributed by atoms with Gasteiger partial charge in [-0.05, 0) is 0 Å². The number of aromatic carboxylic acids is 1. The van der Waals surface area contributed by atoms with Crippen LogP contribution in [0.2, 0.25) is 0 Å². The number of rotatable bonds is 2. The molecule has 0 amide bonds. The standard InChI is InChI=1S/C5H6N4O2S/c6-4(7)9-5-8-2(1-12-5)3(10)11/h1H,(H,10,11)(H4,6,7,8,9). The molecule has 0 radical (unpaired) electrons. The van der Waals surface area contributed by atoms with Crippen molar-refractivity contribution in [2.24, 2.45) is 16.5 Å². The van der Waals surface area contributed by atoms with E-state index < -0.39 is 5.97 Å². The van der Waals surface area contributed by atoms with Crippen LogP contribution < -0.4 is 11.5 Å². The molecule has 0 saturated carbocycles. The highest BCUT2D eigenvalue weighted by Crippen LogP contribution is 2.17. The van der Waals surface area contributed by atoms with E-state index in [0.717, 1.165) is 11.3 Å². The number of hydrogen-bond acceptors (Lipinski definition) is 4. The van der Waals surface area contributed by atoms with E-state index in [0.29, 0.717) is 0 Å². The van der Waals surface area contributed by atoms with Crippen LogP contribution in [0.5, 0.6) is 0 Å². The van der Waals surface area contributed by atoms with Gasteiger partial charge in [-0.1, -0.05) is 0 Å². The molecule has 64 valence electrons. The first-order valence-corrected chi connectivity index (χ1v) is 3.76. The summed E-state index contributed by atoms with van der Waals surface area (Å²) < 4.78 is 0. The van der Waals surface area contributed by atoms with Crippen molar-refractivity contribution in [3.8, 4) is 0 Å². The highest BCUT2D eigenvalue weighted by molar-refractivity contribution is 7.13. The van der Waals surface area contributed by atoms with E-state index in [2.05, 4.69) is 9.98 Å². The highest BCUT2D eigenvalue weighted by Gasteiger charge is 2.07. The molecule has 0 aliphatic rings. The minimum Gasteiger partial charge on any atom is -0.476 e. The average Bonchev–Trinajstić information content (AvgIpc) is 2.34. The smallest absolute Gasteiger partial charge is 0.355 e. The minimum atomic E-state index is -1.09. The number of carboxylic acid groups (broad SMARTS) is 1. The van der Waals surface area contributed by atoms with Crippen LogP contribution in [0.1, 0.15) is 10.5 Å². The topological polar surface area (TPSA) is 115 Å². The van der Waals surface area contributed by atoms with Gasteiger partial charge in [-0.15, -0.1) is 11.3 Å². The van der Waals surface area contributed by atoms with Crippen molar-refractivity contribution in [3.63, 3.8) is 0 Å². The van der Waals surface area contributed by atoms with Crippen LogP contribution in [-0.4, -0.2) is 22.0 Å². The summed E-state index contributed by atoms with van der Waals surface area (Å²) in [4.78, 5) is 17.5. The van der Waals surface area contributed by atoms with Gasteiger partial charge in [0.05, 0.1) is 0 Å². The van der Waals surface area contributed by atoms with E-state index in [1.54, 1.807) is 0 Å². The quantitative estimate of drug-likeness (QED) is 0.435. The van der Waals surface area contributed by atoms with E-state index in [1.165, 1.54) is 5.38 Å². The van der Waals surface area contributed by atoms with Crippen molar-refractivity contribution < 1.29 is 9.90 Å². The summed E-state index contributed by atoms with van der Waals surface area (Å²) in [6.07, 6.45) is 0. The Morgan fingerprint density at radius 2 is 2.33 bits per heavy atom. The molecule has 1 aromatic heterocycles. The number of guanidine groups is 1. The maximum atomic E-state index is 10.3. The van der Waals surface area contributed by atoms with Gasteiger partial charge in [0.2, 0.25) is 5.13 Å². The summed E-state index contributed by atoms with van der Waals surface area (Å²) in [6, 6.07) is 0. The van der Waals surface area contributed by atoms with Gasteiger partial charge >= 0.3 is 5.97 Å². The first kappa shape index (κ1) is 8.47. The Kier molecular flexibility index (Phi) is 2.24. The van der Waals surface area contributed by atoms with Crippen LogP contribution in [-0.2, 0) is 0 Å². The molecule has 1 heterocycles. The van der Waals surface area contributed by atoms with E-state index >= 15 is 0 Å². The molecular formula is C5H6N4O2S. The molecule has 0 fully saturated rings. The zero-order valence-corrected chi connectivity index (χ0v) is 6.71. The fourth-order valence-electron chi connectivity index (χ4n) is 0.524. The molecule has 1 rings (SSSR count). The first-order chi connectivity index (χ1) is 5.59. The average molecular weight is 186 g/mol. The number of aliphatic imine (C=N–C) groups is 1. The van der Waals surface area contributed by atoms with Gasteiger partial charge in [-0.3, -0.25) is 0 Å². The number of hydrogen-bond donors (Lipinski definition) is 3. The Hall–Kier alpha value is -1.63. The van der Waals surface area contributed by atoms with Gasteiger partial charge in [0.25, 0.3) is 0 Å². The summed E-state index contributed by atoms with van der Waals surface area (Å²) in [5, 5.41) is 10.1. The van der Waals surface area contributed by atoms with Gasteiger partial charge in [0.1, 0.15) is 0 Å². The molecule has 0 aromatic carbocycles. The molecule has 0 atom stereocenters. The lowest BCUT2D eigenvalue weighted by molar-refractivity contribution is 0.0691. The number of nitrogens with zero attached hydrogens (tertiary/aromatic N) is 2. The highest BCUT2D eigenvalue weighted by atomic mass is 32.1. The summed E-state index contributed by atoms with van der Waals surface area (Å²) in [6.45, 7) is 0. The third-order valence-corrected chi connectivity index (χ3v) is 1.67. The van der Waals surface area contributed by atoms with Crippen LogP contribution in [0, 0.1) is 0 Å². The molecule has 12 heavy (non-hydrogen) atoms. The lowest BCUT2D eigenvalue weighted by atomic mass is 10.5. The summed E-state index contributed by atoms with van der Waals surface area (Å²) in [5.74, 6) is -1.23. The van der Waals surface area contributed by atoms with Crippen molar-refractivity contribution in [2.45, 2.75) is 0 Å². The van der Waals surface area contributed by atoms with Gasteiger partial charge < -0.3 is 16.6 Å². The molecule has 0 bridgehead atoms. The van der Waals surface area contributed by atoms with Crippen LogP contribution in [0.3, 0.4) is 0 Å². The van der Waals surface area contributed by atoms with Crippen molar-refractivity contribution in [1.82, 2.24) is 4.98 Å². The molecule has 0 unspecified atom stereocenters. The van der Waals surface area contributed by atoms with Gasteiger partial charge in [-0.25, -0.2) is 9.78 Å². The fraction of sp³-hybridized carbons (Fsp3) is 0. The van der Waals surface area contributed by atoms with E-state index in [9.17, 15) is 4.79 Å². The van der Waals surface area contributed by atoms with Crippen molar-refractivity contribution in [1.29, 1.82) is 0 Å². The molecule has 0 aliphatic carbocycles. The van der Waals surface area contributed by atoms with Crippen molar-refractivity contribution in [3.05, 3.63) is 11.1 Å². The Labute approximate surface area is 71.6 Å². The Bertz CT molecular complexity index is 328. The molecule has 5 N–H and O–H groups in total. The van der Waals surface area contributed by atoms with Gasteiger partial charge in [-0.2, -0.15) is 4.99 Å². The Morgan fingerprint density at radius 1 is 1.67 bits per heavy atom. The molecule has 0 aliphatic heterocycles. The SMILES string of the molecule is NC(N)=Nc1nc(C(=O)O)cs1. The number of carbonyl (C=O) groups is 1. The zero-order chi connectivity index (χ0) is 9.14. The predicted molar refractivity (Wildman–Crippen MR) is 44.5 cm³/mol. The van der Waals surface area contributed by atoms with E-state index in [4.69, 9.17) is 16.6 Å². The van der Waals surface area contributed by atoms with Crippen LogP contribution in [0.15, 0.2) is 10.4 Å². The number of thiazole rings is 1. The Balaban J connectivity index is 2.92. The third-order valence-electron chi connectivity index (χ3n) is 0.936. The lowest BCUT2D eigenvalue weighted by Gasteiger charge is -1.85. The zero-order valence-electron chi connectivity index (χ0n) is 5.89. The molecule has 0 saturated heterocycles. The molecule has 6 nitrogen and oxygen atoms in total. The number of aromatic nitrogens is 1. The van der Waals surface area contributed by atoms with Gasteiger partial charge in [0.15, 0.2) is 11.7 Å².